The third-order valence-corrected chi connectivity index (χ3v) is 6.98. The largest absolute Gasteiger partial charge is 0.378 e. The molecular weight excluding hydrogens is 498 g/mol. The van der Waals surface area contributed by atoms with Gasteiger partial charge in [0.1, 0.15) is 17.5 Å². The Bertz CT molecular complexity index is 1490. The summed E-state index contributed by atoms with van der Waals surface area (Å²) in [6.07, 6.45) is 9.83. The number of fused-ring (bicyclic) bond motifs is 1. The van der Waals surface area contributed by atoms with Gasteiger partial charge in [-0.25, -0.2) is 18.7 Å². The molecule has 1 aromatic carbocycles. The highest BCUT2D eigenvalue weighted by atomic mass is 19.1. The summed E-state index contributed by atoms with van der Waals surface area (Å²) in [6.45, 7) is 11.8. The predicted octanol–water partition coefficient (Wildman–Crippen LogP) is 5.79. The van der Waals surface area contributed by atoms with Crippen molar-refractivity contribution in [3.63, 3.8) is 0 Å². The van der Waals surface area contributed by atoms with Gasteiger partial charge in [0.25, 0.3) is 0 Å². The van der Waals surface area contributed by atoms with Gasteiger partial charge >= 0.3 is 0 Å². The van der Waals surface area contributed by atoms with E-state index in [9.17, 15) is 4.39 Å². The van der Waals surface area contributed by atoms with Crippen LogP contribution in [0.3, 0.4) is 0 Å². The molecule has 3 aromatic rings. The fraction of sp³-hybridized carbons (Fsp3) is 0.300. The summed E-state index contributed by atoms with van der Waals surface area (Å²) >= 11 is 0. The van der Waals surface area contributed by atoms with Gasteiger partial charge in [-0.15, -0.1) is 0 Å². The number of morpholine rings is 1. The van der Waals surface area contributed by atoms with Crippen molar-refractivity contribution in [3.05, 3.63) is 77.7 Å². The molecule has 7 nitrogen and oxygen atoms in total. The molecule has 2 aliphatic rings. The third kappa shape index (κ3) is 5.60. The Kier molecular flexibility index (Phi) is 8.09. The molecule has 0 bridgehead atoms. The van der Waals surface area contributed by atoms with Crippen LogP contribution < -0.4 is 15.5 Å². The second-order valence-electron chi connectivity index (χ2n) is 9.43. The number of ether oxygens (including phenoxy) is 1. The van der Waals surface area contributed by atoms with Crippen LogP contribution in [0.4, 0.5) is 26.0 Å². The van der Waals surface area contributed by atoms with Crippen molar-refractivity contribution in [2.45, 2.75) is 20.3 Å². The molecule has 5 rings (SSSR count). The zero-order valence-corrected chi connectivity index (χ0v) is 22.2. The smallest absolute Gasteiger partial charge is 0.137 e. The molecule has 1 fully saturated rings. The number of benzene rings is 1. The average molecular weight is 531 g/mol. The molecule has 2 aliphatic heterocycles. The molecule has 0 unspecified atom stereocenters. The lowest BCUT2D eigenvalue weighted by molar-refractivity contribution is 0.122. The molecule has 0 spiro atoms. The highest BCUT2D eigenvalue weighted by Gasteiger charge is 2.22. The molecule has 0 atom stereocenters. The van der Waals surface area contributed by atoms with Crippen LogP contribution in [0.15, 0.2) is 54.2 Å². The van der Waals surface area contributed by atoms with Crippen LogP contribution in [0, 0.1) is 18.6 Å². The van der Waals surface area contributed by atoms with Crippen LogP contribution in [-0.2, 0) is 4.74 Å². The summed E-state index contributed by atoms with van der Waals surface area (Å²) in [4.78, 5) is 16.0. The van der Waals surface area contributed by atoms with E-state index in [1.54, 1.807) is 12.3 Å². The molecule has 9 heteroatoms. The van der Waals surface area contributed by atoms with Crippen LogP contribution in [0.5, 0.6) is 0 Å². The number of aliphatic imine (C=N–C) groups is 1. The summed E-state index contributed by atoms with van der Waals surface area (Å²) in [5.74, 6) is -0.563. The van der Waals surface area contributed by atoms with E-state index in [1.165, 1.54) is 6.07 Å². The Morgan fingerprint density at radius 1 is 1.23 bits per heavy atom. The fourth-order valence-electron chi connectivity index (χ4n) is 4.99. The Hall–Kier alpha value is -3.95. The zero-order chi connectivity index (χ0) is 27.4. The molecule has 2 aromatic heterocycles. The number of nitrogens with zero attached hydrogens (tertiary/aromatic N) is 4. The number of pyridine rings is 2. The van der Waals surface area contributed by atoms with Crippen molar-refractivity contribution in [1.82, 2.24) is 15.3 Å². The summed E-state index contributed by atoms with van der Waals surface area (Å²) in [6, 6.07) is 4.14. The maximum absolute atomic E-state index is 15.4. The van der Waals surface area contributed by atoms with Gasteiger partial charge in [0, 0.05) is 61.4 Å². The van der Waals surface area contributed by atoms with E-state index in [0.29, 0.717) is 35.9 Å². The van der Waals surface area contributed by atoms with Gasteiger partial charge in [-0.1, -0.05) is 24.8 Å². The molecule has 2 N–H and O–H groups in total. The Morgan fingerprint density at radius 2 is 2.05 bits per heavy atom. The predicted molar refractivity (Wildman–Crippen MR) is 155 cm³/mol. The van der Waals surface area contributed by atoms with Crippen LogP contribution in [0.1, 0.15) is 30.2 Å². The van der Waals surface area contributed by atoms with Gasteiger partial charge in [-0.3, -0.25) is 4.99 Å². The van der Waals surface area contributed by atoms with Crippen molar-refractivity contribution in [1.29, 1.82) is 0 Å². The summed E-state index contributed by atoms with van der Waals surface area (Å²) in [5, 5.41) is 7.10. The van der Waals surface area contributed by atoms with E-state index in [2.05, 4.69) is 38.2 Å². The fourth-order valence-corrected chi connectivity index (χ4v) is 4.99. The maximum Gasteiger partial charge on any atom is 0.137 e. The number of allylic oxidation sites excluding steroid dienone is 2. The van der Waals surface area contributed by atoms with E-state index in [-0.39, 0.29) is 10.9 Å². The van der Waals surface area contributed by atoms with Gasteiger partial charge < -0.3 is 20.3 Å². The molecule has 1 saturated heterocycles. The highest BCUT2D eigenvalue weighted by molar-refractivity contribution is 5.99. The van der Waals surface area contributed by atoms with Gasteiger partial charge in [0.15, 0.2) is 0 Å². The lowest BCUT2D eigenvalue weighted by Crippen LogP contribution is -2.36. The first kappa shape index (κ1) is 26.6. The molecule has 39 heavy (non-hydrogen) atoms. The Balaban J connectivity index is 1.71. The van der Waals surface area contributed by atoms with Crippen molar-refractivity contribution < 1.29 is 13.5 Å². The monoisotopic (exact) mass is 530 g/mol. The summed E-state index contributed by atoms with van der Waals surface area (Å²) in [5.41, 5.74) is 5.40. The number of halogens is 2. The quantitative estimate of drug-likeness (QED) is 0.377. The summed E-state index contributed by atoms with van der Waals surface area (Å²) in [7, 11) is 0. The number of nitrogens with one attached hydrogen (secondary N) is 2. The van der Waals surface area contributed by atoms with Crippen molar-refractivity contribution in [2.75, 3.05) is 49.6 Å². The minimum absolute atomic E-state index is 0.203. The average Bonchev–Trinajstić information content (AvgIpc) is 2.96. The van der Waals surface area contributed by atoms with Crippen LogP contribution in [0.25, 0.3) is 22.2 Å². The topological polar surface area (TPSA) is 74.7 Å². The molecule has 4 heterocycles. The molecule has 0 radical (unpaired) electrons. The van der Waals surface area contributed by atoms with E-state index >= 15 is 4.39 Å². The third-order valence-electron chi connectivity index (χ3n) is 6.98. The molecule has 202 valence electrons. The number of aromatic nitrogens is 2. The first-order chi connectivity index (χ1) is 19.0. The van der Waals surface area contributed by atoms with Gasteiger partial charge in [-0.2, -0.15) is 0 Å². The van der Waals surface area contributed by atoms with Gasteiger partial charge in [0.05, 0.1) is 46.9 Å². The van der Waals surface area contributed by atoms with Crippen molar-refractivity contribution in [2.24, 2.45) is 4.99 Å². The van der Waals surface area contributed by atoms with Crippen LogP contribution in [-0.4, -0.2) is 55.6 Å². The number of rotatable bonds is 7. The molecule has 0 aliphatic carbocycles. The van der Waals surface area contributed by atoms with Gasteiger partial charge in [-0.05, 0) is 32.4 Å². The first-order valence-corrected chi connectivity index (χ1v) is 13.1. The molecule has 0 amide bonds. The van der Waals surface area contributed by atoms with Crippen LogP contribution in [0.2, 0.25) is 0 Å². The normalized spacial score (nSPS) is 16.6. The van der Waals surface area contributed by atoms with Gasteiger partial charge in [0.2, 0.25) is 0 Å². The minimum Gasteiger partial charge on any atom is -0.378 e. The zero-order valence-electron chi connectivity index (χ0n) is 22.2. The number of anilines is 3. The highest BCUT2D eigenvalue weighted by Crippen LogP contribution is 2.39. The van der Waals surface area contributed by atoms with E-state index < -0.39 is 11.6 Å². The Morgan fingerprint density at radius 3 is 2.77 bits per heavy atom. The SMILES string of the molecule is C=CC=NC(=CC)c1nc2cc(F)cc(F)c2c(Nc2cc(N3CCOCC3)ncc2C2=CCNCC2)c1C. The number of hydrogen-bond donors (Lipinski definition) is 2. The van der Waals surface area contributed by atoms with Crippen molar-refractivity contribution >= 4 is 45.6 Å². The van der Waals surface area contributed by atoms with Crippen LogP contribution >= 0.6 is 0 Å². The minimum atomic E-state index is -0.691. The molecular formula is C30H32F2N6O. The van der Waals surface area contributed by atoms with E-state index in [1.807, 2.05) is 32.2 Å². The maximum atomic E-state index is 15.4. The summed E-state index contributed by atoms with van der Waals surface area (Å²) < 4.78 is 35.3. The number of hydrogen-bond acceptors (Lipinski definition) is 7. The Labute approximate surface area is 227 Å². The second-order valence-corrected chi connectivity index (χ2v) is 9.43. The first-order valence-electron chi connectivity index (χ1n) is 13.1. The lowest BCUT2D eigenvalue weighted by Gasteiger charge is -2.29. The van der Waals surface area contributed by atoms with E-state index in [0.717, 1.165) is 61.3 Å². The van der Waals surface area contributed by atoms with Crippen molar-refractivity contribution in [3.8, 4) is 0 Å². The van der Waals surface area contributed by atoms with E-state index in [4.69, 9.17) is 9.72 Å². The standard InChI is InChI=1S/C30H32F2N6O/c1-4-8-34-24(5-2)29-19(3)30(28-23(32)15-21(31)16-26(28)37-29)36-25-17-27(38-11-13-39-14-12-38)35-18-22(25)20-6-9-33-10-7-20/h4-6,8,15-18,33H,1,7,9-14H2,2-3H3,(H,35,36,37). The second kappa shape index (κ2) is 11.8. The lowest BCUT2D eigenvalue weighted by atomic mass is 9.99. The molecule has 0 saturated carbocycles.